The van der Waals surface area contributed by atoms with Gasteiger partial charge in [-0.2, -0.15) is 5.10 Å². The Hall–Kier alpha value is -5.93. The molecule has 0 fully saturated rings. The summed E-state index contributed by atoms with van der Waals surface area (Å²) < 4.78 is 5.94. The summed E-state index contributed by atoms with van der Waals surface area (Å²) >= 11 is 0. The lowest BCUT2D eigenvalue weighted by atomic mass is 9.98. The molecule has 0 aliphatic heterocycles. The number of hydrazone groups is 1. The lowest BCUT2D eigenvalue weighted by Crippen LogP contribution is -1.87. The first-order chi connectivity index (χ1) is 22.6. The molecule has 0 radical (unpaired) electrons. The molecule has 46 heavy (non-hydrogen) atoms. The number of fused-ring (bicyclic) bond motifs is 4. The van der Waals surface area contributed by atoms with E-state index in [0.29, 0.717) is 0 Å². The van der Waals surface area contributed by atoms with Gasteiger partial charge in [-0.15, -0.1) is 0 Å². The SMILES string of the molecule is C=NN.Cc1ccc(-c2ccc3c(c2)oc2ccccc23)cc1.c1ccc(Cc2ccc(-c3ccc4ccccc4c3)cc2)cc1. The van der Waals surface area contributed by atoms with Crippen LogP contribution in [0.3, 0.4) is 0 Å². The number of benzene rings is 7. The Morgan fingerprint density at radius 2 is 1.02 bits per heavy atom. The highest BCUT2D eigenvalue weighted by molar-refractivity contribution is 6.05. The summed E-state index contributed by atoms with van der Waals surface area (Å²) in [6, 6.07) is 57.9. The highest BCUT2D eigenvalue weighted by Crippen LogP contribution is 2.32. The second kappa shape index (κ2) is 14.2. The summed E-state index contributed by atoms with van der Waals surface area (Å²) in [5, 5.41) is 7.68. The molecule has 8 rings (SSSR count). The van der Waals surface area contributed by atoms with Crippen molar-refractivity contribution < 1.29 is 4.42 Å². The number of hydrogen-bond donors (Lipinski definition) is 1. The highest BCUT2D eigenvalue weighted by Gasteiger charge is 2.07. The van der Waals surface area contributed by atoms with Crippen LogP contribution >= 0.6 is 0 Å². The van der Waals surface area contributed by atoms with Crippen molar-refractivity contribution in [2.75, 3.05) is 0 Å². The van der Waals surface area contributed by atoms with Gasteiger partial charge >= 0.3 is 0 Å². The van der Waals surface area contributed by atoms with E-state index in [-0.39, 0.29) is 0 Å². The fourth-order valence-electron chi connectivity index (χ4n) is 5.67. The molecule has 0 spiro atoms. The van der Waals surface area contributed by atoms with E-state index in [1.54, 1.807) is 0 Å². The van der Waals surface area contributed by atoms with Crippen molar-refractivity contribution in [2.45, 2.75) is 13.3 Å². The molecular weight excluding hydrogens is 560 g/mol. The van der Waals surface area contributed by atoms with E-state index in [4.69, 9.17) is 4.42 Å². The maximum absolute atomic E-state index is 5.94. The van der Waals surface area contributed by atoms with Crippen molar-refractivity contribution in [2.24, 2.45) is 10.9 Å². The molecule has 0 aliphatic carbocycles. The Bertz CT molecular complexity index is 2200. The Labute approximate surface area is 270 Å². The van der Waals surface area contributed by atoms with Crippen LogP contribution in [-0.2, 0) is 6.42 Å². The van der Waals surface area contributed by atoms with Gasteiger partial charge in [-0.3, -0.25) is 0 Å². The van der Waals surface area contributed by atoms with Crippen LogP contribution in [0.25, 0.3) is 55.0 Å². The van der Waals surface area contributed by atoms with Crippen molar-refractivity contribution in [1.29, 1.82) is 0 Å². The molecule has 7 aromatic carbocycles. The molecule has 0 saturated carbocycles. The number of hydrogen-bond acceptors (Lipinski definition) is 3. The average molecular weight is 597 g/mol. The molecular formula is C43H36N2O. The first-order valence-electron chi connectivity index (χ1n) is 15.4. The number of aryl methyl sites for hydroxylation is 1. The highest BCUT2D eigenvalue weighted by atomic mass is 16.3. The topological polar surface area (TPSA) is 51.5 Å². The number of nitrogens with two attached hydrogens (primary N) is 1. The summed E-state index contributed by atoms with van der Waals surface area (Å²) in [5.74, 6) is 4.36. The zero-order valence-electron chi connectivity index (χ0n) is 25.9. The van der Waals surface area contributed by atoms with Crippen LogP contribution < -0.4 is 5.84 Å². The van der Waals surface area contributed by atoms with Crippen LogP contribution in [0.1, 0.15) is 16.7 Å². The van der Waals surface area contributed by atoms with Gasteiger partial charge in [0.25, 0.3) is 0 Å². The normalized spacial score (nSPS) is 10.5. The smallest absolute Gasteiger partial charge is 0.136 e. The van der Waals surface area contributed by atoms with Gasteiger partial charge in [0.1, 0.15) is 11.2 Å². The Morgan fingerprint density at radius 1 is 0.500 bits per heavy atom. The predicted molar refractivity (Wildman–Crippen MR) is 196 cm³/mol. The monoisotopic (exact) mass is 596 g/mol. The minimum absolute atomic E-state index is 0.948. The van der Waals surface area contributed by atoms with Gasteiger partial charge < -0.3 is 10.3 Å². The molecule has 8 aromatic rings. The molecule has 0 bridgehead atoms. The lowest BCUT2D eigenvalue weighted by Gasteiger charge is -2.06. The molecule has 224 valence electrons. The van der Waals surface area contributed by atoms with Crippen molar-refractivity contribution in [3.63, 3.8) is 0 Å². The fourth-order valence-corrected chi connectivity index (χ4v) is 5.67. The Kier molecular flexibility index (Phi) is 9.32. The second-order valence-corrected chi connectivity index (χ2v) is 11.3. The minimum atomic E-state index is 0.948. The van der Waals surface area contributed by atoms with Crippen molar-refractivity contribution in [3.05, 3.63) is 180 Å². The summed E-state index contributed by atoms with van der Waals surface area (Å²) in [6.45, 7) is 4.99. The molecule has 0 amide bonds. The molecule has 3 heteroatoms. The van der Waals surface area contributed by atoms with Gasteiger partial charge in [-0.05, 0) is 81.8 Å². The zero-order chi connectivity index (χ0) is 31.7. The van der Waals surface area contributed by atoms with Crippen LogP contribution in [0.5, 0.6) is 0 Å². The predicted octanol–water partition coefficient (Wildman–Crippen LogP) is 11.2. The third-order valence-electron chi connectivity index (χ3n) is 8.05. The molecule has 1 heterocycles. The summed E-state index contributed by atoms with van der Waals surface area (Å²) in [4.78, 5) is 0. The molecule has 0 unspecified atom stereocenters. The number of rotatable bonds is 4. The van der Waals surface area contributed by atoms with E-state index >= 15 is 0 Å². The maximum Gasteiger partial charge on any atom is 0.136 e. The van der Waals surface area contributed by atoms with E-state index < -0.39 is 0 Å². The maximum atomic E-state index is 5.94. The van der Waals surface area contributed by atoms with Crippen molar-refractivity contribution in [1.82, 2.24) is 0 Å². The molecule has 3 nitrogen and oxygen atoms in total. The first kappa shape index (κ1) is 30.1. The molecule has 0 saturated heterocycles. The zero-order valence-corrected chi connectivity index (χ0v) is 25.9. The van der Waals surface area contributed by atoms with Crippen LogP contribution in [0.15, 0.2) is 173 Å². The third-order valence-corrected chi connectivity index (χ3v) is 8.05. The summed E-state index contributed by atoms with van der Waals surface area (Å²) in [6.07, 6.45) is 0.985. The van der Waals surface area contributed by atoms with Crippen molar-refractivity contribution in [3.8, 4) is 22.3 Å². The average Bonchev–Trinajstić information content (AvgIpc) is 3.48. The van der Waals surface area contributed by atoms with E-state index in [2.05, 4.69) is 170 Å². The van der Waals surface area contributed by atoms with E-state index in [0.717, 1.165) is 17.6 Å². The van der Waals surface area contributed by atoms with E-state index in [1.807, 2.05) is 18.2 Å². The van der Waals surface area contributed by atoms with Crippen LogP contribution in [0.2, 0.25) is 0 Å². The number of furan rings is 1. The van der Waals surface area contributed by atoms with E-state index in [9.17, 15) is 0 Å². The molecule has 1 aromatic heterocycles. The Morgan fingerprint density at radius 3 is 1.76 bits per heavy atom. The van der Waals surface area contributed by atoms with Gasteiger partial charge in [0.15, 0.2) is 0 Å². The fraction of sp³-hybridized carbons (Fsp3) is 0.0465. The summed E-state index contributed by atoms with van der Waals surface area (Å²) in [7, 11) is 0. The summed E-state index contributed by atoms with van der Waals surface area (Å²) in [5.41, 5.74) is 10.8. The third kappa shape index (κ3) is 7.06. The van der Waals surface area contributed by atoms with Crippen LogP contribution in [0.4, 0.5) is 0 Å². The first-order valence-corrected chi connectivity index (χ1v) is 15.4. The van der Waals surface area contributed by atoms with Crippen LogP contribution in [0, 0.1) is 6.92 Å². The molecule has 0 atom stereocenters. The van der Waals surface area contributed by atoms with Crippen LogP contribution in [-0.4, -0.2) is 6.72 Å². The second-order valence-electron chi connectivity index (χ2n) is 11.3. The minimum Gasteiger partial charge on any atom is -0.456 e. The quantitative estimate of drug-likeness (QED) is 0.125. The van der Waals surface area contributed by atoms with Gasteiger partial charge in [-0.25, -0.2) is 0 Å². The van der Waals surface area contributed by atoms with Gasteiger partial charge in [0, 0.05) is 17.5 Å². The Balaban J connectivity index is 0.000000150. The number of para-hydroxylation sites is 1. The number of nitrogens with zero attached hydrogens (tertiary/aromatic N) is 1. The largest absolute Gasteiger partial charge is 0.456 e. The molecule has 0 aliphatic rings. The molecule has 2 N–H and O–H groups in total. The van der Waals surface area contributed by atoms with Crippen molar-refractivity contribution >= 4 is 39.4 Å². The van der Waals surface area contributed by atoms with E-state index in [1.165, 1.54) is 60.5 Å². The van der Waals surface area contributed by atoms with Gasteiger partial charge in [-0.1, -0.05) is 145 Å². The van der Waals surface area contributed by atoms with Gasteiger partial charge in [0.2, 0.25) is 0 Å². The lowest BCUT2D eigenvalue weighted by molar-refractivity contribution is 0.669. The van der Waals surface area contributed by atoms with Gasteiger partial charge in [0.05, 0.1) is 0 Å². The standard InChI is InChI=1S/C23H18.C19H14O.CH4N2/c1-2-6-18(7-3-1)16-19-10-12-21(13-11-19)23-15-14-20-8-4-5-9-22(20)17-23;1-13-6-8-14(9-7-13)15-10-11-17-16-4-2-3-5-18(16)20-19(17)12-15;1-3-2/h1-15,17H,16H2;2-12H,1H3;1-2H2.